The molecule has 0 saturated carbocycles. The Morgan fingerprint density at radius 3 is 2.69 bits per heavy atom. The van der Waals surface area contributed by atoms with Crippen molar-refractivity contribution in [3.63, 3.8) is 0 Å². The fourth-order valence-electron chi connectivity index (χ4n) is 1.29. The number of hydrogen-bond acceptors (Lipinski definition) is 5. The van der Waals surface area contributed by atoms with E-state index in [-0.39, 0.29) is 11.5 Å². The molecule has 0 spiro atoms. The van der Waals surface area contributed by atoms with Gasteiger partial charge >= 0.3 is 5.69 Å². The van der Waals surface area contributed by atoms with E-state index in [0.29, 0.717) is 5.69 Å². The highest BCUT2D eigenvalue weighted by Gasteiger charge is 2.10. The first-order valence-corrected chi connectivity index (χ1v) is 4.42. The van der Waals surface area contributed by atoms with Gasteiger partial charge in [0.1, 0.15) is 11.5 Å². The van der Waals surface area contributed by atoms with Crippen LogP contribution in [-0.2, 0) is 0 Å². The number of nitrogens with one attached hydrogen (secondary N) is 1. The number of nitrogen functional groups attached to an aromatic ring is 2. The highest BCUT2D eigenvalue weighted by molar-refractivity contribution is 5.56. The van der Waals surface area contributed by atoms with E-state index in [1.807, 2.05) is 0 Å². The van der Waals surface area contributed by atoms with Crippen LogP contribution in [0.4, 0.5) is 11.5 Å². The maximum absolute atomic E-state index is 11.7. The van der Waals surface area contributed by atoms with Gasteiger partial charge in [-0.2, -0.15) is 0 Å². The van der Waals surface area contributed by atoms with Crippen LogP contribution in [0.3, 0.4) is 0 Å². The summed E-state index contributed by atoms with van der Waals surface area (Å²) in [6, 6.07) is 3.17. The van der Waals surface area contributed by atoms with Crippen molar-refractivity contribution in [2.75, 3.05) is 11.5 Å². The standard InChI is InChI=1S/C9H9N5O2/c10-6-7(11)13-9(16)14(8(6)15)5-2-1-3-12-4-5/h1-4H,10-11H2,(H,13,16). The van der Waals surface area contributed by atoms with Crippen molar-refractivity contribution in [3.05, 3.63) is 45.4 Å². The van der Waals surface area contributed by atoms with E-state index in [0.717, 1.165) is 4.57 Å². The maximum atomic E-state index is 11.7. The van der Waals surface area contributed by atoms with Crippen LogP contribution < -0.4 is 22.7 Å². The first-order valence-electron chi connectivity index (χ1n) is 4.42. The third-order valence-corrected chi connectivity index (χ3v) is 2.07. The number of H-pyrrole nitrogens is 1. The Bertz CT molecular complexity index is 629. The molecule has 7 heteroatoms. The molecule has 2 aromatic rings. The number of nitrogens with zero attached hydrogens (tertiary/aromatic N) is 2. The van der Waals surface area contributed by atoms with Crippen molar-refractivity contribution in [1.29, 1.82) is 0 Å². The normalized spacial score (nSPS) is 10.2. The fraction of sp³-hybridized carbons (Fsp3) is 0. The van der Waals surface area contributed by atoms with Crippen LogP contribution >= 0.6 is 0 Å². The third-order valence-electron chi connectivity index (χ3n) is 2.07. The van der Waals surface area contributed by atoms with E-state index in [1.165, 1.54) is 12.4 Å². The highest BCUT2D eigenvalue weighted by atomic mass is 16.2. The molecule has 2 heterocycles. The Kier molecular flexibility index (Phi) is 2.20. The van der Waals surface area contributed by atoms with Crippen molar-refractivity contribution in [1.82, 2.24) is 14.5 Å². The molecule has 2 aromatic heterocycles. The van der Waals surface area contributed by atoms with E-state index < -0.39 is 11.2 Å². The van der Waals surface area contributed by atoms with E-state index in [2.05, 4.69) is 9.97 Å². The maximum Gasteiger partial charge on any atom is 0.334 e. The van der Waals surface area contributed by atoms with Crippen LogP contribution in [0, 0.1) is 0 Å². The van der Waals surface area contributed by atoms with Gasteiger partial charge in [0.05, 0.1) is 11.9 Å². The number of rotatable bonds is 1. The van der Waals surface area contributed by atoms with Gasteiger partial charge in [0.25, 0.3) is 5.56 Å². The molecule has 0 aliphatic rings. The first-order chi connectivity index (χ1) is 7.61. The Balaban J connectivity index is 2.82. The number of aromatic amines is 1. The lowest BCUT2D eigenvalue weighted by atomic mass is 10.4. The number of aromatic nitrogens is 3. The van der Waals surface area contributed by atoms with Gasteiger partial charge in [-0.05, 0) is 12.1 Å². The van der Waals surface area contributed by atoms with Crippen molar-refractivity contribution >= 4 is 11.5 Å². The Morgan fingerprint density at radius 2 is 2.06 bits per heavy atom. The van der Waals surface area contributed by atoms with Gasteiger partial charge < -0.3 is 11.5 Å². The number of anilines is 2. The molecule has 2 rings (SSSR count). The lowest BCUT2D eigenvalue weighted by molar-refractivity contribution is 0.879. The molecule has 0 aliphatic carbocycles. The molecular formula is C9H9N5O2. The zero-order valence-corrected chi connectivity index (χ0v) is 8.18. The minimum absolute atomic E-state index is 0.129. The van der Waals surface area contributed by atoms with Crippen LogP contribution in [0.1, 0.15) is 0 Å². The number of nitrogens with two attached hydrogens (primary N) is 2. The zero-order valence-electron chi connectivity index (χ0n) is 8.18. The molecule has 82 valence electrons. The van der Waals surface area contributed by atoms with Crippen LogP contribution in [0.2, 0.25) is 0 Å². The quantitative estimate of drug-likeness (QED) is 0.573. The molecule has 0 saturated heterocycles. The van der Waals surface area contributed by atoms with Gasteiger partial charge in [-0.15, -0.1) is 0 Å². The average molecular weight is 219 g/mol. The Labute approximate surface area is 89.4 Å². The SMILES string of the molecule is Nc1[nH]c(=O)n(-c2cccnc2)c(=O)c1N. The molecule has 0 atom stereocenters. The molecule has 0 aromatic carbocycles. The summed E-state index contributed by atoms with van der Waals surface area (Å²) >= 11 is 0. The van der Waals surface area contributed by atoms with E-state index in [9.17, 15) is 9.59 Å². The molecule has 7 nitrogen and oxygen atoms in total. The predicted molar refractivity (Wildman–Crippen MR) is 59.3 cm³/mol. The predicted octanol–water partition coefficient (Wildman–Crippen LogP) is -0.915. The molecule has 0 radical (unpaired) electrons. The van der Waals surface area contributed by atoms with Crippen molar-refractivity contribution < 1.29 is 0 Å². The second-order valence-corrected chi connectivity index (χ2v) is 3.11. The van der Waals surface area contributed by atoms with Gasteiger partial charge in [0.15, 0.2) is 0 Å². The Hall–Kier alpha value is -2.57. The molecule has 0 amide bonds. The largest absolute Gasteiger partial charge is 0.391 e. The molecule has 5 N–H and O–H groups in total. The second-order valence-electron chi connectivity index (χ2n) is 3.11. The number of hydrogen-bond donors (Lipinski definition) is 3. The molecule has 0 aliphatic heterocycles. The summed E-state index contributed by atoms with van der Waals surface area (Å²) in [7, 11) is 0. The van der Waals surface area contributed by atoms with Crippen LogP contribution in [-0.4, -0.2) is 14.5 Å². The van der Waals surface area contributed by atoms with E-state index in [4.69, 9.17) is 11.5 Å². The average Bonchev–Trinajstić information content (AvgIpc) is 2.28. The van der Waals surface area contributed by atoms with Gasteiger partial charge in [-0.1, -0.05) is 0 Å². The summed E-state index contributed by atoms with van der Waals surface area (Å²) < 4.78 is 0.874. The summed E-state index contributed by atoms with van der Waals surface area (Å²) in [6.45, 7) is 0. The van der Waals surface area contributed by atoms with E-state index >= 15 is 0 Å². The minimum atomic E-state index is -0.658. The van der Waals surface area contributed by atoms with Gasteiger partial charge in [-0.3, -0.25) is 14.8 Å². The number of pyridine rings is 1. The topological polar surface area (TPSA) is 120 Å². The smallest absolute Gasteiger partial charge is 0.334 e. The van der Waals surface area contributed by atoms with Gasteiger partial charge in [-0.25, -0.2) is 9.36 Å². The molecule has 16 heavy (non-hydrogen) atoms. The Morgan fingerprint density at radius 1 is 1.31 bits per heavy atom. The van der Waals surface area contributed by atoms with Crippen LogP contribution in [0.15, 0.2) is 34.1 Å². The molecule has 0 unspecified atom stereocenters. The first kappa shape index (κ1) is 9.97. The summed E-state index contributed by atoms with van der Waals surface area (Å²) in [4.78, 5) is 29.4. The van der Waals surface area contributed by atoms with Crippen molar-refractivity contribution in [2.45, 2.75) is 0 Å². The summed E-state index contributed by atoms with van der Waals surface area (Å²) in [6.07, 6.45) is 2.91. The molecule has 0 bridgehead atoms. The lowest BCUT2D eigenvalue weighted by Gasteiger charge is -2.05. The van der Waals surface area contributed by atoms with Gasteiger partial charge in [0, 0.05) is 6.20 Å². The lowest BCUT2D eigenvalue weighted by Crippen LogP contribution is -2.36. The van der Waals surface area contributed by atoms with Crippen molar-refractivity contribution in [3.8, 4) is 5.69 Å². The van der Waals surface area contributed by atoms with Crippen molar-refractivity contribution in [2.24, 2.45) is 0 Å². The monoisotopic (exact) mass is 219 g/mol. The fourth-order valence-corrected chi connectivity index (χ4v) is 1.29. The van der Waals surface area contributed by atoms with E-state index in [1.54, 1.807) is 12.1 Å². The third kappa shape index (κ3) is 1.44. The minimum Gasteiger partial charge on any atom is -0.391 e. The summed E-state index contributed by atoms with van der Waals surface area (Å²) in [5, 5.41) is 0. The second kappa shape index (κ2) is 3.54. The summed E-state index contributed by atoms with van der Waals surface area (Å²) in [5.41, 5.74) is 9.63. The summed E-state index contributed by atoms with van der Waals surface area (Å²) in [5.74, 6) is -0.129. The molecular weight excluding hydrogens is 210 g/mol. The zero-order chi connectivity index (χ0) is 11.7. The molecule has 0 fully saturated rings. The van der Waals surface area contributed by atoms with Crippen LogP contribution in [0.25, 0.3) is 5.69 Å². The van der Waals surface area contributed by atoms with Crippen LogP contribution in [0.5, 0.6) is 0 Å². The highest BCUT2D eigenvalue weighted by Crippen LogP contribution is 2.03. The van der Waals surface area contributed by atoms with Gasteiger partial charge in [0.2, 0.25) is 0 Å².